The minimum atomic E-state index is -4.59. The molecule has 1 aliphatic heterocycles. The fraction of sp³-hybridized carbons (Fsp3) is 0.593. The van der Waals surface area contributed by atoms with Crippen LogP contribution in [0.4, 0.5) is 22.0 Å². The van der Waals surface area contributed by atoms with Crippen LogP contribution in [0, 0.1) is 17.8 Å². The summed E-state index contributed by atoms with van der Waals surface area (Å²) >= 11 is 0. The zero-order chi connectivity index (χ0) is 29.5. The SMILES string of the molecule is CC(/C(=N/N)NN)C(CCN1CC2C(C1)C2(F)F)NC(=O)c1cc(-c2ccccc2C(F)(F)F)n(C2CCCC2)n1. The third kappa shape index (κ3) is 5.76. The number of hydrazone groups is 1. The molecule has 1 aromatic heterocycles. The molecule has 6 N–H and O–H groups in total. The molecule has 0 radical (unpaired) electrons. The van der Waals surface area contributed by atoms with Crippen molar-refractivity contribution in [1.82, 2.24) is 25.4 Å². The fourth-order valence-electron chi connectivity index (χ4n) is 6.35. The molecule has 14 heteroatoms. The standard InChI is InChI=1S/C27H35F5N8O/c1-15(24(36-33)37-34)21(10-11-39-13-19-20(14-39)26(19,28)29)35-25(41)22-12-23(40(38-22)16-6-2-3-7-16)17-8-4-5-9-18(17)27(30,31)32/h4-5,8-9,12,15-16,19-21H,2-3,6-7,10-11,13-14,33-34H2,1H3,(H,35,41)(H,36,37). The van der Waals surface area contributed by atoms with Crippen LogP contribution in [0.1, 0.15) is 61.1 Å². The lowest BCUT2D eigenvalue weighted by molar-refractivity contribution is -0.137. The molecule has 2 aromatic rings. The normalized spacial score (nSPS) is 24.2. The van der Waals surface area contributed by atoms with Gasteiger partial charge >= 0.3 is 6.18 Å². The molecule has 5 rings (SSSR count). The number of rotatable bonds is 9. The quantitative estimate of drug-likeness (QED) is 0.117. The number of hydrogen-bond donors (Lipinski definition) is 4. The highest BCUT2D eigenvalue weighted by atomic mass is 19.4. The Labute approximate surface area is 234 Å². The first kappa shape index (κ1) is 29.2. The summed E-state index contributed by atoms with van der Waals surface area (Å²) in [5.74, 6) is 6.36. The highest BCUT2D eigenvalue weighted by Gasteiger charge is 2.71. The minimum absolute atomic E-state index is 0.0184. The van der Waals surface area contributed by atoms with E-state index in [0.29, 0.717) is 13.0 Å². The minimum Gasteiger partial charge on any atom is -0.347 e. The van der Waals surface area contributed by atoms with Crippen LogP contribution in [0.5, 0.6) is 0 Å². The number of hydrogen-bond acceptors (Lipinski definition) is 6. The number of carbonyl (C=O) groups excluding carboxylic acids is 1. The molecule has 224 valence electrons. The number of amides is 1. The van der Waals surface area contributed by atoms with E-state index >= 15 is 0 Å². The topological polar surface area (TPSA) is 127 Å². The number of hydrazine groups is 1. The molecule has 2 saturated carbocycles. The van der Waals surface area contributed by atoms with E-state index in [1.54, 1.807) is 11.6 Å². The van der Waals surface area contributed by atoms with Gasteiger partial charge in [0.15, 0.2) is 5.69 Å². The summed E-state index contributed by atoms with van der Waals surface area (Å²) in [4.78, 5) is 15.5. The first-order valence-electron chi connectivity index (χ1n) is 13.9. The van der Waals surface area contributed by atoms with Crippen molar-refractivity contribution in [1.29, 1.82) is 0 Å². The molecule has 0 spiro atoms. The number of carbonyl (C=O) groups is 1. The zero-order valence-corrected chi connectivity index (χ0v) is 22.7. The Morgan fingerprint density at radius 2 is 1.85 bits per heavy atom. The monoisotopic (exact) mass is 582 g/mol. The number of halogens is 5. The second-order valence-corrected chi connectivity index (χ2v) is 11.3. The van der Waals surface area contributed by atoms with Crippen LogP contribution < -0.4 is 22.4 Å². The molecule has 4 unspecified atom stereocenters. The predicted octanol–water partition coefficient (Wildman–Crippen LogP) is 3.74. The van der Waals surface area contributed by atoms with Gasteiger partial charge in [0.05, 0.1) is 17.3 Å². The number of nitrogens with one attached hydrogen (secondary N) is 2. The average molecular weight is 583 g/mol. The van der Waals surface area contributed by atoms with Crippen molar-refractivity contribution in [2.75, 3.05) is 19.6 Å². The molecule has 41 heavy (non-hydrogen) atoms. The number of benzene rings is 1. The number of fused-ring (bicyclic) bond motifs is 1. The van der Waals surface area contributed by atoms with Crippen molar-refractivity contribution in [3.05, 3.63) is 41.6 Å². The number of nitrogens with two attached hydrogens (primary N) is 2. The molecule has 9 nitrogen and oxygen atoms in total. The smallest absolute Gasteiger partial charge is 0.347 e. The average Bonchev–Trinajstić information content (AvgIpc) is 3.55. The fourth-order valence-corrected chi connectivity index (χ4v) is 6.35. The first-order valence-corrected chi connectivity index (χ1v) is 13.9. The van der Waals surface area contributed by atoms with Crippen LogP contribution in [-0.4, -0.2) is 58.0 Å². The van der Waals surface area contributed by atoms with Crippen LogP contribution in [0.25, 0.3) is 11.3 Å². The lowest BCUT2D eigenvalue weighted by atomic mass is 9.97. The van der Waals surface area contributed by atoms with Crippen molar-refractivity contribution < 1.29 is 26.7 Å². The van der Waals surface area contributed by atoms with E-state index in [0.717, 1.165) is 31.7 Å². The maximum Gasteiger partial charge on any atom is 0.417 e. The van der Waals surface area contributed by atoms with Gasteiger partial charge in [0.25, 0.3) is 11.8 Å². The third-order valence-corrected chi connectivity index (χ3v) is 8.82. The van der Waals surface area contributed by atoms with E-state index in [1.807, 2.05) is 4.90 Å². The Bertz CT molecular complexity index is 1270. The van der Waals surface area contributed by atoms with E-state index < -0.39 is 47.4 Å². The van der Waals surface area contributed by atoms with Gasteiger partial charge in [-0.2, -0.15) is 23.4 Å². The first-order chi connectivity index (χ1) is 19.5. The van der Waals surface area contributed by atoms with Crippen molar-refractivity contribution in [3.8, 4) is 11.3 Å². The largest absolute Gasteiger partial charge is 0.417 e. The van der Waals surface area contributed by atoms with Crippen molar-refractivity contribution in [2.45, 2.75) is 63.2 Å². The molecule has 0 bridgehead atoms. The summed E-state index contributed by atoms with van der Waals surface area (Å²) < 4.78 is 70.6. The molecule has 1 amide bonds. The Morgan fingerprint density at radius 3 is 2.46 bits per heavy atom. The Balaban J connectivity index is 1.39. The van der Waals surface area contributed by atoms with Gasteiger partial charge in [-0.05, 0) is 31.4 Å². The van der Waals surface area contributed by atoms with Crippen molar-refractivity contribution in [3.63, 3.8) is 0 Å². The van der Waals surface area contributed by atoms with E-state index in [4.69, 9.17) is 11.7 Å². The van der Waals surface area contributed by atoms with Gasteiger partial charge in [0.2, 0.25) is 0 Å². The summed E-state index contributed by atoms with van der Waals surface area (Å²) in [5.41, 5.74) is 1.79. The molecule has 2 heterocycles. The Morgan fingerprint density at radius 1 is 1.20 bits per heavy atom. The van der Waals surface area contributed by atoms with Crippen LogP contribution in [-0.2, 0) is 6.18 Å². The van der Waals surface area contributed by atoms with Crippen LogP contribution in [0.15, 0.2) is 35.4 Å². The van der Waals surface area contributed by atoms with Gasteiger partial charge in [-0.25, -0.2) is 14.6 Å². The van der Waals surface area contributed by atoms with Crippen LogP contribution >= 0.6 is 0 Å². The highest BCUT2D eigenvalue weighted by Crippen LogP contribution is 2.59. The summed E-state index contributed by atoms with van der Waals surface area (Å²) in [6.07, 6.45) is -0.867. The van der Waals surface area contributed by atoms with Gasteiger partial charge in [-0.15, -0.1) is 0 Å². The van der Waals surface area contributed by atoms with E-state index in [9.17, 15) is 26.7 Å². The van der Waals surface area contributed by atoms with Crippen molar-refractivity contribution in [2.24, 2.45) is 34.5 Å². The molecule has 1 saturated heterocycles. The third-order valence-electron chi connectivity index (χ3n) is 8.82. The molecule has 1 aromatic carbocycles. The molecule has 3 aliphatic rings. The number of aromatic nitrogens is 2. The summed E-state index contributed by atoms with van der Waals surface area (Å²) in [6.45, 7) is 2.77. The van der Waals surface area contributed by atoms with E-state index in [1.165, 1.54) is 24.3 Å². The van der Waals surface area contributed by atoms with E-state index in [2.05, 4.69) is 20.9 Å². The second-order valence-electron chi connectivity index (χ2n) is 11.3. The Kier molecular flexibility index (Phi) is 7.99. The molecule has 3 fully saturated rings. The maximum atomic E-state index is 13.9. The lowest BCUT2D eigenvalue weighted by Gasteiger charge is -2.28. The van der Waals surface area contributed by atoms with Gasteiger partial charge in [-0.3, -0.25) is 9.48 Å². The lowest BCUT2D eigenvalue weighted by Crippen LogP contribution is -2.49. The summed E-state index contributed by atoms with van der Waals surface area (Å²) in [7, 11) is 0. The molecule has 2 aliphatic carbocycles. The number of likely N-dealkylation sites (tertiary alicyclic amines) is 1. The number of alkyl halides is 5. The van der Waals surface area contributed by atoms with Gasteiger partial charge in [-0.1, -0.05) is 38.0 Å². The van der Waals surface area contributed by atoms with Gasteiger partial charge in [0, 0.05) is 49.0 Å². The van der Waals surface area contributed by atoms with Gasteiger partial charge in [0.1, 0.15) is 5.84 Å². The number of amidine groups is 1. The van der Waals surface area contributed by atoms with Crippen LogP contribution in [0.3, 0.4) is 0 Å². The molecular weight excluding hydrogens is 547 g/mol. The summed E-state index contributed by atoms with van der Waals surface area (Å²) in [5, 5.41) is 11.1. The van der Waals surface area contributed by atoms with Crippen LogP contribution in [0.2, 0.25) is 0 Å². The zero-order valence-electron chi connectivity index (χ0n) is 22.7. The maximum absolute atomic E-state index is 13.9. The second kappa shape index (κ2) is 11.2. The predicted molar refractivity (Wildman–Crippen MR) is 143 cm³/mol. The van der Waals surface area contributed by atoms with Gasteiger partial charge < -0.3 is 21.5 Å². The highest BCUT2D eigenvalue weighted by molar-refractivity contribution is 5.94. The number of piperidine rings is 1. The summed E-state index contributed by atoms with van der Waals surface area (Å²) in [6, 6.07) is 5.97. The van der Waals surface area contributed by atoms with Crippen molar-refractivity contribution >= 4 is 11.7 Å². The molecular formula is C27H35F5N8O. The van der Waals surface area contributed by atoms with E-state index in [-0.39, 0.29) is 41.9 Å². The number of nitrogens with zero attached hydrogens (tertiary/aromatic N) is 4. The molecule has 4 atom stereocenters. The Hall–Kier alpha value is -3.26.